The van der Waals surface area contributed by atoms with Crippen LogP contribution in [0.1, 0.15) is 11.1 Å². The van der Waals surface area contributed by atoms with E-state index < -0.39 is 0 Å². The van der Waals surface area contributed by atoms with Gasteiger partial charge in [-0.1, -0.05) is 11.8 Å². The smallest absolute Gasteiger partial charge is 0.142 e. The fourth-order valence-electron chi connectivity index (χ4n) is 1.11. The largest absolute Gasteiger partial charge is 0.358 e. The predicted molar refractivity (Wildman–Crippen MR) is 44.3 cm³/mol. The molecule has 1 aliphatic heterocycles. The summed E-state index contributed by atoms with van der Waals surface area (Å²) in [5.41, 5.74) is 2.23. The van der Waals surface area contributed by atoms with Crippen LogP contribution in [-0.4, -0.2) is 11.5 Å². The quantitative estimate of drug-likeness (QED) is 0.553. The summed E-state index contributed by atoms with van der Waals surface area (Å²) < 4.78 is 0. The van der Waals surface area contributed by atoms with E-state index in [0.29, 0.717) is 6.54 Å². The molecule has 0 radical (unpaired) electrons. The molecular weight excluding hydrogens is 136 g/mol. The molecule has 0 unspecified atom stereocenters. The molecule has 1 N–H and O–H groups in total. The Bertz CT molecular complexity index is 344. The van der Waals surface area contributed by atoms with E-state index >= 15 is 0 Å². The highest BCUT2D eigenvalue weighted by Crippen LogP contribution is 2.16. The first-order valence-corrected chi connectivity index (χ1v) is 3.56. The van der Waals surface area contributed by atoms with E-state index in [1.807, 2.05) is 13.0 Å². The fraction of sp³-hybridized carbons (Fsp3) is 0.222. The third-order valence-electron chi connectivity index (χ3n) is 1.72. The summed E-state index contributed by atoms with van der Waals surface area (Å²) in [6.07, 6.45) is 1.80. The Balaban J connectivity index is 2.66. The van der Waals surface area contributed by atoms with Crippen LogP contribution in [0.3, 0.4) is 0 Å². The van der Waals surface area contributed by atoms with Crippen LogP contribution in [0.4, 0.5) is 5.82 Å². The Labute approximate surface area is 65.7 Å². The van der Waals surface area contributed by atoms with Crippen LogP contribution < -0.4 is 5.32 Å². The molecule has 0 spiro atoms. The van der Waals surface area contributed by atoms with Crippen molar-refractivity contribution in [3.05, 3.63) is 23.4 Å². The van der Waals surface area contributed by atoms with Gasteiger partial charge in [-0.15, -0.1) is 0 Å². The lowest BCUT2D eigenvalue weighted by atomic mass is 10.1. The van der Waals surface area contributed by atoms with Crippen molar-refractivity contribution in [2.45, 2.75) is 6.92 Å². The van der Waals surface area contributed by atoms with E-state index in [4.69, 9.17) is 0 Å². The molecule has 0 saturated carbocycles. The summed E-state index contributed by atoms with van der Waals surface area (Å²) in [6.45, 7) is 2.76. The molecule has 1 aliphatic rings. The van der Waals surface area contributed by atoms with E-state index in [0.717, 1.165) is 11.4 Å². The number of rotatable bonds is 0. The molecule has 2 heteroatoms. The van der Waals surface area contributed by atoms with Crippen molar-refractivity contribution in [2.24, 2.45) is 0 Å². The van der Waals surface area contributed by atoms with Crippen molar-refractivity contribution >= 4 is 5.82 Å². The standard InChI is InChI=1S/C9H8N2/c1-7-4-6-11-9-8(7)3-2-5-10-9/h4,6H,5H2,1H3,(H,10,11). The third-order valence-corrected chi connectivity index (χ3v) is 1.72. The second kappa shape index (κ2) is 2.28. The lowest BCUT2D eigenvalue weighted by Gasteiger charge is -2.09. The van der Waals surface area contributed by atoms with Gasteiger partial charge in [-0.3, -0.25) is 0 Å². The normalized spacial score (nSPS) is 12.5. The van der Waals surface area contributed by atoms with Gasteiger partial charge in [0.25, 0.3) is 0 Å². The van der Waals surface area contributed by atoms with Crippen LogP contribution >= 0.6 is 0 Å². The summed E-state index contributed by atoms with van der Waals surface area (Å²) in [6, 6.07) is 1.97. The van der Waals surface area contributed by atoms with Crippen molar-refractivity contribution in [1.82, 2.24) is 4.98 Å². The van der Waals surface area contributed by atoms with Crippen LogP contribution in [0.15, 0.2) is 12.3 Å². The summed E-state index contributed by atoms with van der Waals surface area (Å²) in [5, 5.41) is 3.12. The summed E-state index contributed by atoms with van der Waals surface area (Å²) in [5.74, 6) is 6.96. The number of aryl methyl sites for hydroxylation is 1. The van der Waals surface area contributed by atoms with Gasteiger partial charge in [0.2, 0.25) is 0 Å². The van der Waals surface area contributed by atoms with E-state index in [2.05, 4.69) is 22.1 Å². The number of fused-ring (bicyclic) bond motifs is 1. The van der Waals surface area contributed by atoms with Crippen molar-refractivity contribution in [1.29, 1.82) is 0 Å². The van der Waals surface area contributed by atoms with E-state index in [1.165, 1.54) is 5.56 Å². The molecular formula is C9H8N2. The van der Waals surface area contributed by atoms with Gasteiger partial charge >= 0.3 is 0 Å². The summed E-state index contributed by atoms with van der Waals surface area (Å²) >= 11 is 0. The molecule has 0 amide bonds. The lowest BCUT2D eigenvalue weighted by Crippen LogP contribution is -2.07. The first-order chi connectivity index (χ1) is 5.38. The zero-order chi connectivity index (χ0) is 7.68. The molecule has 2 nitrogen and oxygen atoms in total. The predicted octanol–water partition coefficient (Wildman–Crippen LogP) is 1.17. The maximum Gasteiger partial charge on any atom is 0.142 e. The number of hydrogen-bond acceptors (Lipinski definition) is 2. The van der Waals surface area contributed by atoms with Crippen LogP contribution in [0.25, 0.3) is 0 Å². The Morgan fingerprint density at radius 3 is 3.36 bits per heavy atom. The number of nitrogens with zero attached hydrogens (tertiary/aromatic N) is 1. The van der Waals surface area contributed by atoms with Crippen molar-refractivity contribution in [2.75, 3.05) is 11.9 Å². The molecule has 0 atom stereocenters. The van der Waals surface area contributed by atoms with Crippen LogP contribution in [0.2, 0.25) is 0 Å². The Morgan fingerprint density at radius 2 is 2.55 bits per heavy atom. The maximum absolute atomic E-state index is 4.17. The molecule has 11 heavy (non-hydrogen) atoms. The monoisotopic (exact) mass is 144 g/mol. The Morgan fingerprint density at radius 1 is 1.64 bits per heavy atom. The summed E-state index contributed by atoms with van der Waals surface area (Å²) in [4.78, 5) is 4.17. The lowest BCUT2D eigenvalue weighted by molar-refractivity contribution is 1.19. The molecule has 0 aliphatic carbocycles. The van der Waals surface area contributed by atoms with Gasteiger partial charge in [0.1, 0.15) is 5.82 Å². The van der Waals surface area contributed by atoms with Crippen molar-refractivity contribution in [3.63, 3.8) is 0 Å². The van der Waals surface area contributed by atoms with Gasteiger partial charge in [-0.2, -0.15) is 0 Å². The molecule has 2 rings (SSSR count). The fourth-order valence-corrected chi connectivity index (χ4v) is 1.11. The molecule has 1 aromatic heterocycles. The number of hydrogen-bond donors (Lipinski definition) is 1. The third kappa shape index (κ3) is 0.947. The minimum Gasteiger partial charge on any atom is -0.358 e. The second-order valence-corrected chi connectivity index (χ2v) is 2.51. The Hall–Kier alpha value is -1.49. The van der Waals surface area contributed by atoms with E-state index in [-0.39, 0.29) is 0 Å². The highest BCUT2D eigenvalue weighted by Gasteiger charge is 2.05. The number of nitrogens with one attached hydrogen (secondary N) is 1. The van der Waals surface area contributed by atoms with Crippen molar-refractivity contribution in [3.8, 4) is 11.8 Å². The molecule has 0 bridgehead atoms. The second-order valence-electron chi connectivity index (χ2n) is 2.51. The number of pyridine rings is 1. The maximum atomic E-state index is 4.17. The molecule has 2 heterocycles. The van der Waals surface area contributed by atoms with E-state index in [1.54, 1.807) is 6.20 Å². The first-order valence-electron chi connectivity index (χ1n) is 3.56. The zero-order valence-corrected chi connectivity index (χ0v) is 6.31. The summed E-state index contributed by atoms with van der Waals surface area (Å²) in [7, 11) is 0. The molecule has 0 aromatic carbocycles. The minimum absolute atomic E-state index is 0.712. The van der Waals surface area contributed by atoms with Gasteiger partial charge in [0.05, 0.1) is 12.1 Å². The van der Waals surface area contributed by atoms with Gasteiger partial charge in [-0.25, -0.2) is 4.98 Å². The Kier molecular flexibility index (Phi) is 1.29. The van der Waals surface area contributed by atoms with Gasteiger partial charge in [-0.05, 0) is 18.6 Å². The van der Waals surface area contributed by atoms with Gasteiger partial charge in [0.15, 0.2) is 0 Å². The SMILES string of the molecule is Cc1ccnc2c1C#CCN2. The minimum atomic E-state index is 0.712. The van der Waals surface area contributed by atoms with Crippen LogP contribution in [0.5, 0.6) is 0 Å². The first kappa shape index (κ1) is 6.23. The topological polar surface area (TPSA) is 24.9 Å². The van der Waals surface area contributed by atoms with Crippen molar-refractivity contribution < 1.29 is 0 Å². The highest BCUT2D eigenvalue weighted by molar-refractivity contribution is 5.60. The zero-order valence-electron chi connectivity index (χ0n) is 6.31. The highest BCUT2D eigenvalue weighted by atomic mass is 15.0. The average molecular weight is 144 g/mol. The molecule has 1 aromatic rings. The molecule has 0 fully saturated rings. The average Bonchev–Trinajstić information content (AvgIpc) is 2.06. The van der Waals surface area contributed by atoms with E-state index in [9.17, 15) is 0 Å². The molecule has 0 saturated heterocycles. The van der Waals surface area contributed by atoms with Crippen LogP contribution in [0, 0.1) is 18.8 Å². The number of aromatic nitrogens is 1. The van der Waals surface area contributed by atoms with Gasteiger partial charge < -0.3 is 5.32 Å². The molecule has 54 valence electrons. The number of anilines is 1. The van der Waals surface area contributed by atoms with Crippen LogP contribution in [-0.2, 0) is 0 Å². The van der Waals surface area contributed by atoms with Gasteiger partial charge in [0, 0.05) is 6.20 Å².